The summed E-state index contributed by atoms with van der Waals surface area (Å²) in [7, 11) is 0. The first kappa shape index (κ1) is 10.7. The second-order valence-corrected chi connectivity index (χ2v) is 3.38. The number of carbonyl (C=O) groups is 1. The van der Waals surface area contributed by atoms with Crippen LogP contribution in [0.4, 0.5) is 0 Å². The van der Waals surface area contributed by atoms with Gasteiger partial charge in [0, 0.05) is 19.5 Å². The Balaban J connectivity index is 2.28. The minimum Gasteiger partial charge on any atom is -0.370 e. The van der Waals surface area contributed by atoms with Crippen molar-refractivity contribution < 1.29 is 4.79 Å². The fraction of sp³-hybridized carbons (Fsp3) is 0.364. The van der Waals surface area contributed by atoms with E-state index in [1.165, 1.54) is 11.1 Å². The zero-order chi connectivity index (χ0) is 10.4. The van der Waals surface area contributed by atoms with E-state index in [-0.39, 0.29) is 5.91 Å². The number of rotatable bonds is 5. The Kier molecular flexibility index (Phi) is 4.13. The summed E-state index contributed by atoms with van der Waals surface area (Å²) in [4.78, 5) is 10.4. The van der Waals surface area contributed by atoms with Crippen LogP contribution < -0.4 is 11.1 Å². The second kappa shape index (κ2) is 5.40. The quantitative estimate of drug-likeness (QED) is 0.683. The molecule has 0 heterocycles. The maximum Gasteiger partial charge on any atom is 0.218 e. The summed E-state index contributed by atoms with van der Waals surface area (Å²) in [6.07, 6.45) is 0.395. The van der Waals surface area contributed by atoms with Crippen LogP contribution in [-0.2, 0) is 11.3 Å². The zero-order valence-corrected chi connectivity index (χ0v) is 8.42. The van der Waals surface area contributed by atoms with Crippen molar-refractivity contribution in [2.45, 2.75) is 19.9 Å². The molecule has 1 aromatic carbocycles. The molecular weight excluding hydrogens is 176 g/mol. The fourth-order valence-corrected chi connectivity index (χ4v) is 1.27. The molecule has 76 valence electrons. The number of nitrogens with one attached hydrogen (secondary N) is 1. The Morgan fingerprint density at radius 1 is 1.50 bits per heavy atom. The zero-order valence-electron chi connectivity index (χ0n) is 8.42. The Morgan fingerprint density at radius 2 is 2.29 bits per heavy atom. The second-order valence-electron chi connectivity index (χ2n) is 3.38. The van der Waals surface area contributed by atoms with Gasteiger partial charge in [-0.15, -0.1) is 0 Å². The van der Waals surface area contributed by atoms with Gasteiger partial charge in [0.25, 0.3) is 0 Å². The standard InChI is InChI=1S/C11H16N2O/c1-9-3-2-4-10(7-9)8-13-6-5-11(12)14/h2-4,7,13H,5-6,8H2,1H3,(H2,12,14). The predicted octanol–water partition coefficient (Wildman–Crippen LogP) is 0.960. The molecule has 3 N–H and O–H groups in total. The van der Waals surface area contributed by atoms with E-state index in [0.29, 0.717) is 13.0 Å². The van der Waals surface area contributed by atoms with Gasteiger partial charge in [0.2, 0.25) is 5.91 Å². The maximum absolute atomic E-state index is 10.4. The summed E-state index contributed by atoms with van der Waals surface area (Å²) in [6.45, 7) is 3.49. The average Bonchev–Trinajstić information content (AvgIpc) is 2.12. The van der Waals surface area contributed by atoms with Gasteiger partial charge >= 0.3 is 0 Å². The van der Waals surface area contributed by atoms with Gasteiger partial charge in [-0.2, -0.15) is 0 Å². The van der Waals surface area contributed by atoms with E-state index >= 15 is 0 Å². The molecule has 0 spiro atoms. The summed E-state index contributed by atoms with van der Waals surface area (Å²) >= 11 is 0. The molecule has 14 heavy (non-hydrogen) atoms. The molecule has 0 saturated carbocycles. The first-order chi connectivity index (χ1) is 6.68. The summed E-state index contributed by atoms with van der Waals surface area (Å²) in [5.74, 6) is -0.262. The van der Waals surface area contributed by atoms with Crippen LogP contribution >= 0.6 is 0 Å². The highest BCUT2D eigenvalue weighted by Gasteiger charge is 1.95. The molecular formula is C11H16N2O. The first-order valence-electron chi connectivity index (χ1n) is 4.73. The highest BCUT2D eigenvalue weighted by molar-refractivity contribution is 5.73. The minimum absolute atomic E-state index is 0.262. The number of benzene rings is 1. The molecule has 0 aliphatic rings. The van der Waals surface area contributed by atoms with Crippen molar-refractivity contribution in [1.82, 2.24) is 5.32 Å². The number of nitrogens with two attached hydrogens (primary N) is 1. The highest BCUT2D eigenvalue weighted by atomic mass is 16.1. The predicted molar refractivity (Wildman–Crippen MR) is 56.7 cm³/mol. The number of primary amides is 1. The Hall–Kier alpha value is -1.35. The average molecular weight is 192 g/mol. The molecule has 0 atom stereocenters. The Morgan fingerprint density at radius 3 is 2.93 bits per heavy atom. The molecule has 0 bridgehead atoms. The van der Waals surface area contributed by atoms with Crippen molar-refractivity contribution in [2.75, 3.05) is 6.54 Å². The smallest absolute Gasteiger partial charge is 0.218 e. The lowest BCUT2D eigenvalue weighted by atomic mass is 10.1. The molecule has 0 aromatic heterocycles. The molecule has 0 saturated heterocycles. The molecule has 0 aliphatic carbocycles. The molecule has 3 nitrogen and oxygen atoms in total. The van der Waals surface area contributed by atoms with E-state index in [4.69, 9.17) is 5.73 Å². The van der Waals surface area contributed by atoms with E-state index < -0.39 is 0 Å². The lowest BCUT2D eigenvalue weighted by molar-refractivity contribution is -0.117. The summed E-state index contributed by atoms with van der Waals surface area (Å²) in [5, 5.41) is 3.16. The third-order valence-electron chi connectivity index (χ3n) is 1.96. The third kappa shape index (κ3) is 4.05. The maximum atomic E-state index is 10.4. The van der Waals surface area contributed by atoms with Gasteiger partial charge in [0.05, 0.1) is 0 Å². The van der Waals surface area contributed by atoms with Crippen LogP contribution in [0, 0.1) is 6.92 Å². The van der Waals surface area contributed by atoms with E-state index in [0.717, 1.165) is 6.54 Å². The van der Waals surface area contributed by atoms with Crippen LogP contribution in [-0.4, -0.2) is 12.5 Å². The third-order valence-corrected chi connectivity index (χ3v) is 1.96. The molecule has 3 heteroatoms. The molecule has 0 aliphatic heterocycles. The van der Waals surface area contributed by atoms with Gasteiger partial charge in [-0.3, -0.25) is 4.79 Å². The number of hydrogen-bond donors (Lipinski definition) is 2. The normalized spacial score (nSPS) is 10.1. The van der Waals surface area contributed by atoms with Crippen LogP contribution in [0.3, 0.4) is 0 Å². The van der Waals surface area contributed by atoms with E-state index in [1.807, 2.05) is 6.07 Å². The lowest BCUT2D eigenvalue weighted by Crippen LogP contribution is -2.21. The lowest BCUT2D eigenvalue weighted by Gasteiger charge is -2.03. The first-order valence-corrected chi connectivity index (χ1v) is 4.73. The van der Waals surface area contributed by atoms with Gasteiger partial charge in [-0.05, 0) is 12.5 Å². The molecule has 1 amide bonds. The summed E-state index contributed by atoms with van der Waals surface area (Å²) < 4.78 is 0. The minimum atomic E-state index is -0.262. The topological polar surface area (TPSA) is 55.1 Å². The van der Waals surface area contributed by atoms with Crippen molar-refractivity contribution in [3.05, 3.63) is 35.4 Å². The Labute approximate surface area is 84.3 Å². The molecule has 1 rings (SSSR count). The van der Waals surface area contributed by atoms with Gasteiger partial charge in [-0.25, -0.2) is 0 Å². The summed E-state index contributed by atoms with van der Waals surface area (Å²) in [5.41, 5.74) is 7.50. The van der Waals surface area contributed by atoms with Crippen LogP contribution in [0.15, 0.2) is 24.3 Å². The van der Waals surface area contributed by atoms with Gasteiger partial charge < -0.3 is 11.1 Å². The van der Waals surface area contributed by atoms with E-state index in [2.05, 4.69) is 30.4 Å². The number of carbonyl (C=O) groups excluding carboxylic acids is 1. The van der Waals surface area contributed by atoms with Crippen molar-refractivity contribution >= 4 is 5.91 Å². The molecule has 0 radical (unpaired) electrons. The van der Waals surface area contributed by atoms with Crippen LogP contribution in [0.5, 0.6) is 0 Å². The SMILES string of the molecule is Cc1cccc(CNCCC(N)=O)c1. The van der Waals surface area contributed by atoms with Crippen LogP contribution in [0.1, 0.15) is 17.5 Å². The molecule has 1 aromatic rings. The Bertz CT molecular complexity index is 310. The van der Waals surface area contributed by atoms with Crippen molar-refractivity contribution in [2.24, 2.45) is 5.73 Å². The largest absolute Gasteiger partial charge is 0.370 e. The van der Waals surface area contributed by atoms with Crippen LogP contribution in [0.25, 0.3) is 0 Å². The van der Waals surface area contributed by atoms with E-state index in [9.17, 15) is 4.79 Å². The van der Waals surface area contributed by atoms with E-state index in [1.54, 1.807) is 0 Å². The number of aryl methyl sites for hydroxylation is 1. The van der Waals surface area contributed by atoms with Crippen molar-refractivity contribution in [3.8, 4) is 0 Å². The summed E-state index contributed by atoms with van der Waals surface area (Å²) in [6, 6.07) is 8.27. The van der Waals surface area contributed by atoms with Gasteiger partial charge in [0.1, 0.15) is 0 Å². The highest BCUT2D eigenvalue weighted by Crippen LogP contribution is 2.02. The van der Waals surface area contributed by atoms with Crippen LogP contribution in [0.2, 0.25) is 0 Å². The van der Waals surface area contributed by atoms with Crippen molar-refractivity contribution in [1.29, 1.82) is 0 Å². The number of hydrogen-bond acceptors (Lipinski definition) is 2. The van der Waals surface area contributed by atoms with Gasteiger partial charge in [0.15, 0.2) is 0 Å². The monoisotopic (exact) mass is 192 g/mol. The molecule has 0 fully saturated rings. The van der Waals surface area contributed by atoms with Crippen molar-refractivity contribution in [3.63, 3.8) is 0 Å². The van der Waals surface area contributed by atoms with Gasteiger partial charge in [-0.1, -0.05) is 29.8 Å². The fourth-order valence-electron chi connectivity index (χ4n) is 1.27. The molecule has 0 unspecified atom stereocenters. The number of amides is 1.